The number of fused-ring (bicyclic) bond motifs is 1. The molecule has 0 aliphatic heterocycles. The van der Waals surface area contributed by atoms with Crippen molar-refractivity contribution in [3.8, 4) is 5.75 Å². The average molecular weight is 376 g/mol. The van der Waals surface area contributed by atoms with Crippen LogP contribution in [0.3, 0.4) is 0 Å². The van der Waals surface area contributed by atoms with Gasteiger partial charge in [-0.3, -0.25) is 4.18 Å². The first-order chi connectivity index (χ1) is 12.3. The van der Waals surface area contributed by atoms with E-state index in [0.29, 0.717) is 5.56 Å². The van der Waals surface area contributed by atoms with E-state index < -0.39 is 16.2 Å². The smallest absolute Gasteiger partial charge is 0.297 e. The van der Waals surface area contributed by atoms with Gasteiger partial charge in [0.1, 0.15) is 5.75 Å². The number of rotatable bonds is 6. The molecule has 140 valence electrons. The molecular weight excluding hydrogens is 352 g/mol. The minimum Gasteiger partial charge on any atom is -0.507 e. The van der Waals surface area contributed by atoms with Crippen LogP contribution in [0, 0.1) is 13.8 Å². The fraction of sp³-hybridized carbons (Fsp3) is 0.400. The Balaban J connectivity index is 1.67. The lowest BCUT2D eigenvalue weighted by Gasteiger charge is -2.16. The van der Waals surface area contributed by atoms with E-state index >= 15 is 0 Å². The normalized spacial score (nSPS) is 15.0. The van der Waals surface area contributed by atoms with Gasteiger partial charge in [0.15, 0.2) is 0 Å². The number of aromatic hydroxyl groups is 1. The molecule has 1 aliphatic carbocycles. The summed E-state index contributed by atoms with van der Waals surface area (Å²) in [5, 5.41) is 20.7. The van der Waals surface area contributed by atoms with Gasteiger partial charge in [0.25, 0.3) is 10.1 Å². The Hall–Kier alpha value is -1.89. The molecule has 0 fully saturated rings. The molecule has 0 aromatic heterocycles. The summed E-state index contributed by atoms with van der Waals surface area (Å²) in [6, 6.07) is 8.21. The summed E-state index contributed by atoms with van der Waals surface area (Å²) >= 11 is 0. The summed E-state index contributed by atoms with van der Waals surface area (Å²) in [6.07, 6.45) is 1.94. The van der Waals surface area contributed by atoms with Gasteiger partial charge < -0.3 is 10.2 Å². The van der Waals surface area contributed by atoms with Crippen LogP contribution in [-0.2, 0) is 33.6 Å². The van der Waals surface area contributed by atoms with Gasteiger partial charge in [0.05, 0.1) is 17.6 Å². The Morgan fingerprint density at radius 2 is 1.77 bits per heavy atom. The van der Waals surface area contributed by atoms with Crippen LogP contribution in [0.1, 0.15) is 34.2 Å². The van der Waals surface area contributed by atoms with Gasteiger partial charge in [0.2, 0.25) is 0 Å². The third-order valence-electron chi connectivity index (χ3n) is 4.86. The molecule has 0 saturated heterocycles. The van der Waals surface area contributed by atoms with Crippen LogP contribution in [0.25, 0.3) is 0 Å². The lowest BCUT2D eigenvalue weighted by molar-refractivity contribution is 0.110. The molecule has 0 radical (unpaired) electrons. The summed E-state index contributed by atoms with van der Waals surface area (Å²) < 4.78 is 29.4. The Labute approximate surface area is 154 Å². The number of aryl methyl sites for hydroxylation is 2. The van der Waals surface area contributed by atoms with E-state index in [4.69, 9.17) is 4.18 Å². The van der Waals surface area contributed by atoms with Gasteiger partial charge in [-0.05, 0) is 67.5 Å². The number of phenols is 1. The zero-order chi connectivity index (χ0) is 18.9. The zero-order valence-corrected chi connectivity index (χ0v) is 15.8. The molecule has 0 amide bonds. The minimum absolute atomic E-state index is 0.0616. The highest BCUT2D eigenvalue weighted by Gasteiger charge is 2.22. The van der Waals surface area contributed by atoms with E-state index in [2.05, 4.69) is 0 Å². The lowest BCUT2D eigenvalue weighted by Crippen LogP contribution is -2.21. The molecular formula is C20H24O5S. The number of benzene rings is 2. The van der Waals surface area contributed by atoms with Crippen molar-refractivity contribution in [2.75, 3.05) is 6.61 Å². The van der Waals surface area contributed by atoms with E-state index in [9.17, 15) is 18.6 Å². The lowest BCUT2D eigenvalue weighted by atomic mass is 9.96. The van der Waals surface area contributed by atoms with Crippen LogP contribution in [0.2, 0.25) is 0 Å². The molecule has 0 saturated carbocycles. The van der Waals surface area contributed by atoms with Crippen molar-refractivity contribution in [3.05, 3.63) is 58.1 Å². The fourth-order valence-corrected chi connectivity index (χ4v) is 4.40. The molecule has 0 heterocycles. The fourth-order valence-electron chi connectivity index (χ4n) is 3.46. The Bertz CT molecular complexity index is 901. The molecule has 3 rings (SSSR count). The van der Waals surface area contributed by atoms with Crippen molar-refractivity contribution in [1.82, 2.24) is 0 Å². The van der Waals surface area contributed by atoms with Crippen molar-refractivity contribution in [2.45, 2.75) is 50.5 Å². The highest BCUT2D eigenvalue weighted by molar-refractivity contribution is 7.86. The van der Waals surface area contributed by atoms with Crippen molar-refractivity contribution >= 4 is 10.1 Å². The second-order valence-corrected chi connectivity index (χ2v) is 8.54. The first-order valence-corrected chi connectivity index (χ1v) is 10.2. The molecule has 2 N–H and O–H groups in total. The standard InChI is InChI=1S/C20H24O5S/c1-13-6-8-17(9-7-13)26(23,24)25-12-16(21)11-15-10-14(2)18-4-3-5-19(18)20(15)22/h6-10,16,21-22H,3-5,11-12H2,1-2H3. The quantitative estimate of drug-likeness (QED) is 0.758. The van der Waals surface area contributed by atoms with Gasteiger partial charge in [-0.1, -0.05) is 23.8 Å². The number of hydrogen-bond donors (Lipinski definition) is 2. The second kappa shape index (κ2) is 7.39. The molecule has 0 spiro atoms. The molecule has 1 atom stereocenters. The van der Waals surface area contributed by atoms with Crippen molar-refractivity contribution in [3.63, 3.8) is 0 Å². The predicted octanol–water partition coefficient (Wildman–Crippen LogP) is 2.81. The van der Waals surface area contributed by atoms with Crippen molar-refractivity contribution in [2.24, 2.45) is 0 Å². The monoisotopic (exact) mass is 376 g/mol. The van der Waals surface area contributed by atoms with Crippen LogP contribution >= 0.6 is 0 Å². The van der Waals surface area contributed by atoms with E-state index in [1.165, 1.54) is 17.7 Å². The van der Waals surface area contributed by atoms with Gasteiger partial charge in [-0.25, -0.2) is 0 Å². The van der Waals surface area contributed by atoms with Crippen LogP contribution in [0.5, 0.6) is 5.75 Å². The Kier molecular flexibility index (Phi) is 5.37. The van der Waals surface area contributed by atoms with Crippen LogP contribution in [0.15, 0.2) is 35.2 Å². The molecule has 1 aliphatic rings. The van der Waals surface area contributed by atoms with E-state index in [1.807, 2.05) is 19.9 Å². The summed E-state index contributed by atoms with van der Waals surface area (Å²) in [5.74, 6) is 0.226. The van der Waals surface area contributed by atoms with E-state index in [0.717, 1.165) is 36.0 Å². The summed E-state index contributed by atoms with van der Waals surface area (Å²) in [7, 11) is -3.91. The molecule has 26 heavy (non-hydrogen) atoms. The Morgan fingerprint density at radius 1 is 1.12 bits per heavy atom. The number of phenolic OH excluding ortho intramolecular Hbond substituents is 1. The third-order valence-corrected chi connectivity index (χ3v) is 6.15. The maximum atomic E-state index is 12.2. The van der Waals surface area contributed by atoms with Crippen LogP contribution in [0.4, 0.5) is 0 Å². The molecule has 0 bridgehead atoms. The Morgan fingerprint density at radius 3 is 2.46 bits per heavy atom. The van der Waals surface area contributed by atoms with Gasteiger partial charge in [0, 0.05) is 6.42 Å². The maximum absolute atomic E-state index is 12.2. The number of aliphatic hydroxyl groups excluding tert-OH is 1. The molecule has 5 nitrogen and oxygen atoms in total. The summed E-state index contributed by atoms with van der Waals surface area (Å²) in [6.45, 7) is 3.51. The van der Waals surface area contributed by atoms with Crippen molar-refractivity contribution < 1.29 is 22.8 Å². The largest absolute Gasteiger partial charge is 0.507 e. The topological polar surface area (TPSA) is 83.8 Å². The number of hydrogen-bond acceptors (Lipinski definition) is 5. The molecule has 2 aromatic carbocycles. The van der Waals surface area contributed by atoms with Gasteiger partial charge in [-0.15, -0.1) is 0 Å². The summed E-state index contributed by atoms with van der Waals surface area (Å²) in [5.41, 5.74) is 4.84. The van der Waals surface area contributed by atoms with Gasteiger partial charge in [-0.2, -0.15) is 8.42 Å². The SMILES string of the molecule is Cc1ccc(S(=O)(=O)OCC(O)Cc2cc(C)c3c(c2O)CCC3)cc1. The zero-order valence-electron chi connectivity index (χ0n) is 15.0. The first-order valence-electron chi connectivity index (χ1n) is 8.75. The predicted molar refractivity (Wildman–Crippen MR) is 98.9 cm³/mol. The van der Waals surface area contributed by atoms with E-state index in [-0.39, 0.29) is 23.7 Å². The van der Waals surface area contributed by atoms with E-state index in [1.54, 1.807) is 12.1 Å². The highest BCUT2D eigenvalue weighted by Crippen LogP contribution is 2.36. The average Bonchev–Trinajstić information content (AvgIpc) is 3.09. The molecule has 2 aromatic rings. The third kappa shape index (κ3) is 3.92. The van der Waals surface area contributed by atoms with Crippen LogP contribution in [-0.4, -0.2) is 31.3 Å². The van der Waals surface area contributed by atoms with Gasteiger partial charge >= 0.3 is 0 Å². The first kappa shape index (κ1) is 18.9. The summed E-state index contributed by atoms with van der Waals surface area (Å²) in [4.78, 5) is 0.0616. The van der Waals surface area contributed by atoms with Crippen molar-refractivity contribution in [1.29, 1.82) is 0 Å². The molecule has 6 heteroatoms. The minimum atomic E-state index is -3.91. The number of aliphatic hydroxyl groups is 1. The highest BCUT2D eigenvalue weighted by atomic mass is 32.2. The van der Waals surface area contributed by atoms with Crippen LogP contribution < -0.4 is 0 Å². The maximum Gasteiger partial charge on any atom is 0.297 e. The second-order valence-electron chi connectivity index (χ2n) is 6.92. The molecule has 1 unspecified atom stereocenters.